The normalized spacial score (nSPS) is 12.1. The average molecular weight is 137 g/mol. The Balaban J connectivity index is 2.76. The summed E-state index contributed by atoms with van der Waals surface area (Å²) in [6, 6.07) is -0.417. The number of nitrogens with one attached hydrogen (secondary N) is 1. The van der Waals surface area contributed by atoms with E-state index < -0.39 is 6.04 Å². The predicted octanol–water partition coefficient (Wildman–Crippen LogP) is -0.203. The molecule has 1 unspecified atom stereocenters. The van der Waals surface area contributed by atoms with Crippen LogP contribution in [0.1, 0.15) is 11.7 Å². The van der Waals surface area contributed by atoms with E-state index in [1.807, 2.05) is 0 Å². The van der Waals surface area contributed by atoms with Gasteiger partial charge in [0.2, 0.25) is 0 Å². The van der Waals surface area contributed by atoms with Crippen molar-refractivity contribution in [3.05, 3.63) is 24.3 Å². The molecular formula is C6H7N3O. The summed E-state index contributed by atoms with van der Waals surface area (Å²) in [6.45, 7) is 0. The summed E-state index contributed by atoms with van der Waals surface area (Å²) < 4.78 is 0. The van der Waals surface area contributed by atoms with Gasteiger partial charge in [0.05, 0.1) is 18.1 Å². The van der Waals surface area contributed by atoms with E-state index in [1.165, 1.54) is 12.4 Å². The van der Waals surface area contributed by atoms with Crippen LogP contribution >= 0.6 is 0 Å². The lowest BCUT2D eigenvalue weighted by atomic mass is 10.2. The zero-order valence-corrected chi connectivity index (χ0v) is 5.24. The number of nitrogens with zero attached hydrogens (tertiary/aromatic N) is 1. The lowest BCUT2D eigenvalue weighted by Crippen LogP contribution is -2.06. The van der Waals surface area contributed by atoms with E-state index in [-0.39, 0.29) is 0 Å². The molecule has 0 aliphatic heterocycles. The number of H-pyrrole nitrogens is 1. The number of aromatic amines is 1. The quantitative estimate of drug-likeness (QED) is 0.554. The van der Waals surface area contributed by atoms with Gasteiger partial charge in [0.15, 0.2) is 0 Å². The van der Waals surface area contributed by atoms with Crippen LogP contribution in [0.5, 0.6) is 0 Å². The molecule has 0 bridgehead atoms. The van der Waals surface area contributed by atoms with Crippen LogP contribution < -0.4 is 5.73 Å². The summed E-state index contributed by atoms with van der Waals surface area (Å²) in [5, 5.41) is 0. The number of hydrogen-bond acceptors (Lipinski definition) is 3. The highest BCUT2D eigenvalue weighted by molar-refractivity contribution is 5.47. The molecule has 0 amide bonds. The van der Waals surface area contributed by atoms with E-state index in [0.29, 0.717) is 5.69 Å². The largest absolute Gasteiger partial charge is 0.347 e. The van der Waals surface area contributed by atoms with Crippen LogP contribution in [0.4, 0.5) is 0 Å². The first kappa shape index (κ1) is 6.74. The van der Waals surface area contributed by atoms with Crippen LogP contribution in [-0.4, -0.2) is 15.9 Å². The number of imidazole rings is 1. The second-order valence-electron chi connectivity index (χ2n) is 1.82. The maximum absolute atomic E-state index is 9.82. The minimum atomic E-state index is -0.417. The van der Waals surface area contributed by atoms with Crippen molar-refractivity contribution < 1.29 is 4.79 Å². The number of rotatable bonds is 2. The van der Waals surface area contributed by atoms with Gasteiger partial charge in [0.1, 0.15) is 5.94 Å². The predicted molar refractivity (Wildman–Crippen MR) is 35.8 cm³/mol. The van der Waals surface area contributed by atoms with Crippen LogP contribution in [0.3, 0.4) is 0 Å². The topological polar surface area (TPSA) is 71.8 Å². The summed E-state index contributed by atoms with van der Waals surface area (Å²) in [4.78, 5) is 16.3. The molecule has 4 heteroatoms. The van der Waals surface area contributed by atoms with E-state index in [1.54, 1.807) is 12.1 Å². The summed E-state index contributed by atoms with van der Waals surface area (Å²) >= 11 is 0. The zero-order chi connectivity index (χ0) is 7.40. The van der Waals surface area contributed by atoms with Crippen molar-refractivity contribution in [1.29, 1.82) is 0 Å². The van der Waals surface area contributed by atoms with E-state index >= 15 is 0 Å². The maximum atomic E-state index is 9.82. The Morgan fingerprint density at radius 1 is 1.90 bits per heavy atom. The number of hydrogen-bond donors (Lipinski definition) is 2. The third-order valence-corrected chi connectivity index (χ3v) is 1.13. The van der Waals surface area contributed by atoms with Crippen LogP contribution in [-0.2, 0) is 4.79 Å². The molecule has 1 heterocycles. The highest BCUT2D eigenvalue weighted by Crippen LogP contribution is 2.03. The first-order valence-corrected chi connectivity index (χ1v) is 2.79. The van der Waals surface area contributed by atoms with Gasteiger partial charge in [-0.15, -0.1) is 0 Å². The van der Waals surface area contributed by atoms with Crippen LogP contribution in [0.25, 0.3) is 0 Å². The molecule has 0 aliphatic carbocycles. The van der Waals surface area contributed by atoms with Crippen LogP contribution in [0.2, 0.25) is 0 Å². The average Bonchev–Trinajstić information content (AvgIpc) is 2.38. The van der Waals surface area contributed by atoms with Crippen LogP contribution in [0, 0.1) is 0 Å². The summed E-state index contributed by atoms with van der Waals surface area (Å²) in [5.41, 5.74) is 6.17. The van der Waals surface area contributed by atoms with Gasteiger partial charge in [0, 0.05) is 12.3 Å². The smallest absolute Gasteiger partial charge is 0.122 e. The van der Waals surface area contributed by atoms with Crippen molar-refractivity contribution in [2.24, 2.45) is 5.73 Å². The van der Waals surface area contributed by atoms with Gasteiger partial charge in [-0.1, -0.05) is 0 Å². The third kappa shape index (κ3) is 1.31. The molecule has 0 radical (unpaired) electrons. The first-order valence-electron chi connectivity index (χ1n) is 2.79. The molecule has 0 fully saturated rings. The first-order chi connectivity index (χ1) is 4.84. The van der Waals surface area contributed by atoms with Gasteiger partial charge in [-0.25, -0.2) is 9.78 Å². The second kappa shape index (κ2) is 2.96. The Labute approximate surface area is 57.8 Å². The Bertz CT molecular complexity index is 236. The molecular weight excluding hydrogens is 130 g/mol. The van der Waals surface area contributed by atoms with Crippen molar-refractivity contribution in [3.63, 3.8) is 0 Å². The minimum absolute atomic E-state index is 0.417. The van der Waals surface area contributed by atoms with Crippen molar-refractivity contribution >= 4 is 5.94 Å². The molecule has 1 atom stereocenters. The molecule has 0 aromatic carbocycles. The van der Waals surface area contributed by atoms with Gasteiger partial charge in [0.25, 0.3) is 0 Å². The Kier molecular flexibility index (Phi) is 1.99. The van der Waals surface area contributed by atoms with Gasteiger partial charge in [-0.2, -0.15) is 0 Å². The maximum Gasteiger partial charge on any atom is 0.122 e. The Hall–Kier alpha value is -1.38. The molecule has 52 valence electrons. The summed E-state index contributed by atoms with van der Waals surface area (Å²) in [7, 11) is 0. The van der Waals surface area contributed by atoms with Gasteiger partial charge in [-0.05, 0) is 0 Å². The number of nitrogens with two attached hydrogens (primary N) is 1. The van der Waals surface area contributed by atoms with Crippen molar-refractivity contribution in [2.75, 3.05) is 0 Å². The van der Waals surface area contributed by atoms with Crippen molar-refractivity contribution in [2.45, 2.75) is 6.04 Å². The number of carbonyl (C=O) groups excluding carboxylic acids is 1. The van der Waals surface area contributed by atoms with Gasteiger partial charge < -0.3 is 10.7 Å². The molecule has 1 rings (SSSR count). The SMILES string of the molecule is NC(C=C=O)c1cnc[nH]1. The minimum Gasteiger partial charge on any atom is -0.347 e. The van der Waals surface area contributed by atoms with Crippen LogP contribution in [0.15, 0.2) is 18.6 Å². The molecule has 1 aromatic heterocycles. The van der Waals surface area contributed by atoms with E-state index in [2.05, 4.69) is 9.97 Å². The Morgan fingerprint density at radius 2 is 2.70 bits per heavy atom. The molecule has 0 spiro atoms. The lowest BCUT2D eigenvalue weighted by molar-refractivity contribution is 0.567. The fourth-order valence-corrected chi connectivity index (χ4v) is 0.612. The van der Waals surface area contributed by atoms with E-state index in [0.717, 1.165) is 0 Å². The third-order valence-electron chi connectivity index (χ3n) is 1.13. The summed E-state index contributed by atoms with van der Waals surface area (Å²) in [6.07, 6.45) is 4.31. The van der Waals surface area contributed by atoms with Gasteiger partial charge in [-0.3, -0.25) is 0 Å². The molecule has 4 nitrogen and oxygen atoms in total. The number of aromatic nitrogens is 2. The van der Waals surface area contributed by atoms with E-state index in [9.17, 15) is 4.79 Å². The Morgan fingerprint density at radius 3 is 3.20 bits per heavy atom. The fourth-order valence-electron chi connectivity index (χ4n) is 0.612. The molecule has 3 N–H and O–H groups in total. The monoisotopic (exact) mass is 137 g/mol. The second-order valence-corrected chi connectivity index (χ2v) is 1.82. The highest BCUT2D eigenvalue weighted by atomic mass is 16.1. The van der Waals surface area contributed by atoms with E-state index in [4.69, 9.17) is 5.73 Å². The molecule has 10 heavy (non-hydrogen) atoms. The fraction of sp³-hybridized carbons (Fsp3) is 0.167. The zero-order valence-electron chi connectivity index (χ0n) is 5.24. The molecule has 1 aromatic rings. The highest BCUT2D eigenvalue weighted by Gasteiger charge is 2.01. The molecule has 0 aliphatic rings. The summed E-state index contributed by atoms with van der Waals surface area (Å²) in [5.74, 6) is 1.61. The standard InChI is InChI=1S/C6H7N3O/c7-5(1-2-10)6-3-8-4-9-6/h1,3-5H,7H2,(H,8,9). The van der Waals surface area contributed by atoms with Gasteiger partial charge >= 0.3 is 0 Å². The molecule has 0 saturated heterocycles. The van der Waals surface area contributed by atoms with Crippen molar-refractivity contribution in [3.8, 4) is 0 Å². The molecule has 0 saturated carbocycles. The lowest BCUT2D eigenvalue weighted by Gasteiger charge is -1.97. The van der Waals surface area contributed by atoms with Crippen molar-refractivity contribution in [1.82, 2.24) is 9.97 Å².